The third-order valence-electron chi connectivity index (χ3n) is 2.51. The van der Waals surface area contributed by atoms with Crippen LogP contribution >= 0.6 is 22.6 Å². The van der Waals surface area contributed by atoms with E-state index in [-0.39, 0.29) is 0 Å². The molecule has 3 N–H and O–H groups in total. The zero-order valence-corrected chi connectivity index (χ0v) is 11.5. The maximum absolute atomic E-state index is 5.71. The molecule has 18 heavy (non-hydrogen) atoms. The number of benzene rings is 2. The summed E-state index contributed by atoms with van der Waals surface area (Å²) in [6.07, 6.45) is 0. The van der Waals surface area contributed by atoms with E-state index < -0.39 is 0 Å². The van der Waals surface area contributed by atoms with Crippen molar-refractivity contribution < 1.29 is 4.74 Å². The Morgan fingerprint density at radius 3 is 2.67 bits per heavy atom. The van der Waals surface area contributed by atoms with Gasteiger partial charge in [-0.3, -0.25) is 0 Å². The lowest BCUT2D eigenvalue weighted by Gasteiger charge is -2.00. The van der Waals surface area contributed by atoms with Crippen molar-refractivity contribution in [3.8, 4) is 11.8 Å². The second-order valence-electron chi connectivity index (χ2n) is 3.87. The highest BCUT2D eigenvalue weighted by Gasteiger charge is 2.04. The molecule has 3 aromatic rings. The summed E-state index contributed by atoms with van der Waals surface area (Å²) in [5.74, 6) is 0.752. The van der Waals surface area contributed by atoms with Crippen LogP contribution in [0.5, 0.6) is 11.8 Å². The number of nitrogens with one attached hydrogen (secondary N) is 1. The number of fused-ring (bicyclic) bond motifs is 1. The predicted molar refractivity (Wildman–Crippen MR) is 79.7 cm³/mol. The largest absolute Gasteiger partial charge is 0.426 e. The lowest BCUT2D eigenvalue weighted by molar-refractivity contribution is 0.449. The molecule has 0 bridgehead atoms. The molecule has 1 heterocycles. The average Bonchev–Trinajstić information content (AvgIpc) is 2.73. The van der Waals surface area contributed by atoms with Crippen LogP contribution in [0.4, 0.5) is 5.69 Å². The highest BCUT2D eigenvalue weighted by atomic mass is 127. The number of halogens is 1. The van der Waals surface area contributed by atoms with Gasteiger partial charge in [0.05, 0.1) is 11.0 Å². The Hall–Kier alpha value is -1.76. The van der Waals surface area contributed by atoms with Crippen LogP contribution in [0.25, 0.3) is 11.0 Å². The second-order valence-corrected chi connectivity index (χ2v) is 5.12. The Bertz CT molecular complexity index is 691. The van der Waals surface area contributed by atoms with Crippen molar-refractivity contribution >= 4 is 39.3 Å². The van der Waals surface area contributed by atoms with Gasteiger partial charge in [0.15, 0.2) is 0 Å². The van der Waals surface area contributed by atoms with E-state index in [4.69, 9.17) is 10.5 Å². The first kappa shape index (κ1) is 11.3. The van der Waals surface area contributed by atoms with Gasteiger partial charge in [0, 0.05) is 9.26 Å². The van der Waals surface area contributed by atoms with Crippen LogP contribution in [0.3, 0.4) is 0 Å². The molecule has 5 heteroatoms. The van der Waals surface area contributed by atoms with Crippen LogP contribution in [0.1, 0.15) is 0 Å². The minimum absolute atomic E-state index is 0.469. The topological polar surface area (TPSA) is 63.9 Å². The van der Waals surface area contributed by atoms with Gasteiger partial charge in [-0.25, -0.2) is 0 Å². The van der Waals surface area contributed by atoms with Gasteiger partial charge in [-0.15, -0.1) is 0 Å². The number of ether oxygens (including phenoxy) is 1. The molecular formula is C13H10IN3O. The first-order valence-corrected chi connectivity index (χ1v) is 6.47. The fourth-order valence-corrected chi connectivity index (χ4v) is 2.03. The summed E-state index contributed by atoms with van der Waals surface area (Å²) >= 11 is 2.25. The number of anilines is 1. The van der Waals surface area contributed by atoms with Gasteiger partial charge in [-0.05, 0) is 65.1 Å². The number of nitrogen functional groups attached to an aromatic ring is 1. The maximum Gasteiger partial charge on any atom is 0.300 e. The monoisotopic (exact) mass is 351 g/mol. The number of hydrogen-bond acceptors (Lipinski definition) is 3. The van der Waals surface area contributed by atoms with Crippen molar-refractivity contribution in [1.29, 1.82) is 0 Å². The summed E-state index contributed by atoms with van der Waals surface area (Å²) in [5, 5.41) is 0. The predicted octanol–water partition coefficient (Wildman–Crippen LogP) is 3.54. The second kappa shape index (κ2) is 4.49. The summed E-state index contributed by atoms with van der Waals surface area (Å²) in [4.78, 5) is 7.42. The number of nitrogens with zero attached hydrogens (tertiary/aromatic N) is 1. The Balaban J connectivity index is 1.92. The van der Waals surface area contributed by atoms with Gasteiger partial charge >= 0.3 is 0 Å². The van der Waals surface area contributed by atoms with Crippen molar-refractivity contribution in [3.05, 3.63) is 46.0 Å². The first-order chi connectivity index (χ1) is 8.70. The minimum Gasteiger partial charge on any atom is -0.426 e. The highest BCUT2D eigenvalue weighted by Crippen LogP contribution is 2.23. The van der Waals surface area contributed by atoms with Crippen molar-refractivity contribution in [1.82, 2.24) is 9.97 Å². The molecule has 0 amide bonds. The molecule has 0 aliphatic carbocycles. The minimum atomic E-state index is 0.469. The molecule has 0 saturated heterocycles. The highest BCUT2D eigenvalue weighted by molar-refractivity contribution is 14.1. The summed E-state index contributed by atoms with van der Waals surface area (Å²) in [5.41, 5.74) is 8.12. The van der Waals surface area contributed by atoms with Crippen molar-refractivity contribution in [2.75, 3.05) is 5.73 Å². The lowest BCUT2D eigenvalue weighted by Crippen LogP contribution is -1.85. The third kappa shape index (κ3) is 2.26. The number of aromatic nitrogens is 2. The zero-order valence-electron chi connectivity index (χ0n) is 9.35. The number of rotatable bonds is 2. The first-order valence-electron chi connectivity index (χ1n) is 5.39. The molecule has 0 atom stereocenters. The van der Waals surface area contributed by atoms with Gasteiger partial charge in [-0.2, -0.15) is 4.98 Å². The van der Waals surface area contributed by atoms with E-state index in [2.05, 4.69) is 32.6 Å². The number of hydrogen-bond donors (Lipinski definition) is 2. The molecule has 4 nitrogen and oxygen atoms in total. The number of nitrogens with two attached hydrogens (primary N) is 1. The average molecular weight is 351 g/mol. The van der Waals surface area contributed by atoms with Crippen LogP contribution in [-0.4, -0.2) is 9.97 Å². The van der Waals surface area contributed by atoms with Crippen LogP contribution in [-0.2, 0) is 0 Å². The van der Waals surface area contributed by atoms with E-state index in [1.807, 2.05) is 42.5 Å². The van der Waals surface area contributed by atoms with Gasteiger partial charge in [-0.1, -0.05) is 0 Å². The molecule has 0 spiro atoms. The third-order valence-corrected chi connectivity index (χ3v) is 3.23. The Morgan fingerprint density at radius 1 is 1.11 bits per heavy atom. The molecule has 1 aromatic heterocycles. The van der Waals surface area contributed by atoms with E-state index in [1.54, 1.807) is 0 Å². The van der Waals surface area contributed by atoms with E-state index in [0.717, 1.165) is 20.4 Å². The molecule has 0 saturated carbocycles. The fourth-order valence-electron chi connectivity index (χ4n) is 1.67. The molecule has 0 unspecified atom stereocenters. The van der Waals surface area contributed by atoms with Crippen molar-refractivity contribution in [3.63, 3.8) is 0 Å². The molecule has 90 valence electrons. The molecule has 3 rings (SSSR count). The van der Waals surface area contributed by atoms with Crippen molar-refractivity contribution in [2.45, 2.75) is 0 Å². The number of aromatic amines is 1. The van der Waals surface area contributed by atoms with E-state index in [0.29, 0.717) is 11.7 Å². The van der Waals surface area contributed by atoms with Crippen LogP contribution in [0.15, 0.2) is 42.5 Å². The van der Waals surface area contributed by atoms with Crippen LogP contribution in [0.2, 0.25) is 0 Å². The van der Waals surface area contributed by atoms with E-state index in [1.165, 1.54) is 0 Å². The summed E-state index contributed by atoms with van der Waals surface area (Å²) in [7, 11) is 0. The Kier molecular flexibility index (Phi) is 2.83. The van der Waals surface area contributed by atoms with Crippen molar-refractivity contribution in [2.24, 2.45) is 0 Å². The summed E-state index contributed by atoms with van der Waals surface area (Å²) in [6, 6.07) is 13.8. The van der Waals surface area contributed by atoms with Gasteiger partial charge in [0.2, 0.25) is 0 Å². The van der Waals surface area contributed by atoms with Gasteiger partial charge in [0.1, 0.15) is 5.75 Å². The molecule has 0 aliphatic rings. The van der Waals surface area contributed by atoms with Crippen LogP contribution in [0, 0.1) is 3.57 Å². The van der Waals surface area contributed by atoms with Crippen LogP contribution < -0.4 is 10.5 Å². The summed E-state index contributed by atoms with van der Waals surface area (Å²) in [6.45, 7) is 0. The maximum atomic E-state index is 5.71. The molecule has 0 fully saturated rings. The number of H-pyrrole nitrogens is 1. The molecule has 0 radical (unpaired) electrons. The standard InChI is InChI=1S/C13H10IN3O/c14-8-1-4-10(5-2-8)18-13-16-11-6-3-9(15)7-12(11)17-13/h1-7H,15H2,(H,16,17). The van der Waals surface area contributed by atoms with Gasteiger partial charge in [0.25, 0.3) is 6.01 Å². The molecule has 2 aromatic carbocycles. The Morgan fingerprint density at radius 2 is 1.89 bits per heavy atom. The number of imidazole rings is 1. The molecule has 0 aliphatic heterocycles. The normalized spacial score (nSPS) is 10.7. The SMILES string of the molecule is Nc1ccc2nc(Oc3ccc(I)cc3)[nH]c2c1. The van der Waals surface area contributed by atoms with E-state index >= 15 is 0 Å². The smallest absolute Gasteiger partial charge is 0.300 e. The van der Waals surface area contributed by atoms with Gasteiger partial charge < -0.3 is 15.5 Å². The Labute approximate surface area is 117 Å². The molecular weight excluding hydrogens is 341 g/mol. The zero-order chi connectivity index (χ0) is 12.5. The van der Waals surface area contributed by atoms with E-state index in [9.17, 15) is 0 Å². The quantitative estimate of drug-likeness (QED) is 0.548. The lowest BCUT2D eigenvalue weighted by atomic mass is 10.3. The fraction of sp³-hybridized carbons (Fsp3) is 0. The summed E-state index contributed by atoms with van der Waals surface area (Å²) < 4.78 is 6.81.